The minimum absolute atomic E-state index is 0.0192. The molecule has 140 valence electrons. The van der Waals surface area contributed by atoms with Crippen molar-refractivity contribution < 1.29 is 9.21 Å². The first-order valence-electron chi connectivity index (χ1n) is 9.27. The molecule has 2 amide bonds. The quantitative estimate of drug-likeness (QED) is 0.621. The standard InChI is InChI=1S/C21H22BrN3O2/c1-14(16-6-2-3-7-17(16)22)23-21(26)25-12-10-15(11-13-25)20-24-18-8-4-5-9-19(18)27-20/h2-9,14-15H,10-13H2,1H3,(H,23,26). The summed E-state index contributed by atoms with van der Waals surface area (Å²) >= 11 is 3.55. The van der Waals surface area contributed by atoms with Gasteiger partial charge in [-0.05, 0) is 43.5 Å². The van der Waals surface area contributed by atoms with Crippen molar-refractivity contribution in [3.63, 3.8) is 0 Å². The number of likely N-dealkylation sites (tertiary alicyclic amines) is 1. The van der Waals surface area contributed by atoms with Gasteiger partial charge in [0.25, 0.3) is 0 Å². The number of nitrogens with zero attached hydrogens (tertiary/aromatic N) is 2. The highest BCUT2D eigenvalue weighted by atomic mass is 79.9. The minimum Gasteiger partial charge on any atom is -0.440 e. The number of benzene rings is 2. The summed E-state index contributed by atoms with van der Waals surface area (Å²) in [4.78, 5) is 19.1. The molecule has 1 N–H and O–H groups in total. The van der Waals surface area contributed by atoms with Crippen LogP contribution in [0.3, 0.4) is 0 Å². The lowest BCUT2D eigenvalue weighted by molar-refractivity contribution is 0.174. The van der Waals surface area contributed by atoms with Crippen molar-refractivity contribution in [1.29, 1.82) is 0 Å². The molecule has 0 aliphatic carbocycles. The number of carbonyl (C=O) groups excluding carboxylic acids is 1. The predicted octanol–water partition coefficient (Wildman–Crippen LogP) is 5.24. The summed E-state index contributed by atoms with van der Waals surface area (Å²) in [6.07, 6.45) is 1.73. The van der Waals surface area contributed by atoms with E-state index in [2.05, 4.69) is 26.2 Å². The number of oxazole rings is 1. The van der Waals surface area contributed by atoms with Crippen molar-refractivity contribution in [2.24, 2.45) is 0 Å². The molecule has 27 heavy (non-hydrogen) atoms. The number of nitrogens with one attached hydrogen (secondary N) is 1. The van der Waals surface area contributed by atoms with Gasteiger partial charge in [-0.1, -0.05) is 46.3 Å². The van der Waals surface area contributed by atoms with E-state index in [1.807, 2.05) is 60.4 Å². The Morgan fingerprint density at radius 1 is 1.19 bits per heavy atom. The molecule has 5 nitrogen and oxygen atoms in total. The minimum atomic E-state index is -0.0529. The Morgan fingerprint density at radius 3 is 2.63 bits per heavy atom. The van der Waals surface area contributed by atoms with E-state index >= 15 is 0 Å². The van der Waals surface area contributed by atoms with Gasteiger partial charge in [-0.25, -0.2) is 9.78 Å². The van der Waals surface area contributed by atoms with Crippen LogP contribution in [0.5, 0.6) is 0 Å². The summed E-state index contributed by atoms with van der Waals surface area (Å²) in [5, 5.41) is 3.10. The summed E-state index contributed by atoms with van der Waals surface area (Å²) in [5.74, 6) is 1.06. The molecule has 1 unspecified atom stereocenters. The molecule has 4 rings (SSSR count). The smallest absolute Gasteiger partial charge is 0.317 e. The Balaban J connectivity index is 1.36. The van der Waals surface area contributed by atoms with Crippen LogP contribution in [0.4, 0.5) is 4.79 Å². The summed E-state index contributed by atoms with van der Waals surface area (Å²) < 4.78 is 6.91. The van der Waals surface area contributed by atoms with Gasteiger partial charge in [0, 0.05) is 23.5 Å². The van der Waals surface area contributed by atoms with Gasteiger partial charge in [-0.15, -0.1) is 0 Å². The van der Waals surface area contributed by atoms with Crippen LogP contribution >= 0.6 is 15.9 Å². The molecule has 1 fully saturated rings. The second-order valence-corrected chi connectivity index (χ2v) is 7.83. The van der Waals surface area contributed by atoms with E-state index in [4.69, 9.17) is 4.42 Å². The molecule has 1 saturated heterocycles. The van der Waals surface area contributed by atoms with Crippen molar-refractivity contribution in [2.45, 2.75) is 31.7 Å². The van der Waals surface area contributed by atoms with E-state index in [1.165, 1.54) is 0 Å². The number of amides is 2. The highest BCUT2D eigenvalue weighted by Gasteiger charge is 2.27. The van der Waals surface area contributed by atoms with Gasteiger partial charge in [-0.3, -0.25) is 0 Å². The molecule has 2 aromatic carbocycles. The molecule has 1 aliphatic heterocycles. The van der Waals surface area contributed by atoms with E-state index in [0.29, 0.717) is 13.1 Å². The molecule has 0 radical (unpaired) electrons. The van der Waals surface area contributed by atoms with Crippen molar-refractivity contribution in [3.8, 4) is 0 Å². The van der Waals surface area contributed by atoms with Crippen molar-refractivity contribution in [3.05, 3.63) is 64.5 Å². The fourth-order valence-electron chi connectivity index (χ4n) is 3.57. The summed E-state index contributed by atoms with van der Waals surface area (Å²) in [6.45, 7) is 3.42. The lowest BCUT2D eigenvalue weighted by atomic mass is 9.97. The molecule has 1 aromatic heterocycles. The van der Waals surface area contributed by atoms with Crippen LogP contribution in [0.15, 0.2) is 57.4 Å². The van der Waals surface area contributed by atoms with E-state index < -0.39 is 0 Å². The number of rotatable bonds is 3. The number of piperidine rings is 1. The number of fused-ring (bicyclic) bond motifs is 1. The maximum atomic E-state index is 12.6. The lowest BCUT2D eigenvalue weighted by Gasteiger charge is -2.31. The molecule has 0 saturated carbocycles. The maximum Gasteiger partial charge on any atom is 0.317 e. The largest absolute Gasteiger partial charge is 0.440 e. The van der Waals surface area contributed by atoms with E-state index in [0.717, 1.165) is 39.9 Å². The Kier molecular flexibility index (Phi) is 5.16. The zero-order valence-corrected chi connectivity index (χ0v) is 16.8. The highest BCUT2D eigenvalue weighted by molar-refractivity contribution is 9.10. The first-order valence-corrected chi connectivity index (χ1v) is 10.1. The number of para-hydroxylation sites is 2. The van der Waals surface area contributed by atoms with Crippen LogP contribution in [0.2, 0.25) is 0 Å². The molecule has 6 heteroatoms. The zero-order valence-electron chi connectivity index (χ0n) is 15.2. The number of hydrogen-bond acceptors (Lipinski definition) is 3. The van der Waals surface area contributed by atoms with Gasteiger partial charge in [0.1, 0.15) is 5.52 Å². The fourth-order valence-corrected chi connectivity index (χ4v) is 4.20. The first kappa shape index (κ1) is 18.0. The lowest BCUT2D eigenvalue weighted by Crippen LogP contribution is -2.44. The number of halogens is 1. The first-order chi connectivity index (χ1) is 13.1. The van der Waals surface area contributed by atoms with Crippen LogP contribution < -0.4 is 5.32 Å². The third-order valence-corrected chi connectivity index (χ3v) is 5.88. The SMILES string of the molecule is CC(NC(=O)N1CCC(c2nc3ccccc3o2)CC1)c1ccccc1Br. The normalized spacial score (nSPS) is 16.4. The second kappa shape index (κ2) is 7.72. The topological polar surface area (TPSA) is 58.4 Å². The van der Waals surface area contributed by atoms with Gasteiger partial charge < -0.3 is 14.6 Å². The molecular weight excluding hydrogens is 406 g/mol. The van der Waals surface area contributed by atoms with Gasteiger partial charge in [0.2, 0.25) is 0 Å². The maximum absolute atomic E-state index is 12.6. The number of urea groups is 1. The summed E-state index contributed by atoms with van der Waals surface area (Å²) in [7, 11) is 0. The summed E-state index contributed by atoms with van der Waals surface area (Å²) in [5.41, 5.74) is 2.80. The van der Waals surface area contributed by atoms with Crippen LogP contribution in [0.1, 0.15) is 43.2 Å². The molecular formula is C21H22BrN3O2. The second-order valence-electron chi connectivity index (χ2n) is 6.97. The number of aromatic nitrogens is 1. The highest BCUT2D eigenvalue weighted by Crippen LogP contribution is 2.30. The van der Waals surface area contributed by atoms with Crippen LogP contribution in [0.25, 0.3) is 11.1 Å². The van der Waals surface area contributed by atoms with Crippen LogP contribution in [0, 0.1) is 0 Å². The molecule has 2 heterocycles. The molecule has 0 spiro atoms. The van der Waals surface area contributed by atoms with Gasteiger partial charge >= 0.3 is 6.03 Å². The average molecular weight is 428 g/mol. The average Bonchev–Trinajstić information content (AvgIpc) is 3.12. The molecule has 0 bridgehead atoms. The van der Waals surface area contributed by atoms with Gasteiger partial charge in [0.05, 0.1) is 6.04 Å². The third-order valence-electron chi connectivity index (χ3n) is 5.15. The third kappa shape index (κ3) is 3.86. The van der Waals surface area contributed by atoms with E-state index in [-0.39, 0.29) is 18.0 Å². The van der Waals surface area contributed by atoms with Gasteiger partial charge in [-0.2, -0.15) is 0 Å². The molecule has 1 atom stereocenters. The summed E-state index contributed by atoms with van der Waals surface area (Å²) in [6, 6.07) is 15.7. The fraction of sp³-hybridized carbons (Fsp3) is 0.333. The van der Waals surface area contributed by atoms with E-state index in [1.54, 1.807) is 0 Å². The Bertz CT molecular complexity index is 914. The number of carbonyl (C=O) groups is 1. The monoisotopic (exact) mass is 427 g/mol. The predicted molar refractivity (Wildman–Crippen MR) is 109 cm³/mol. The van der Waals surface area contributed by atoms with Crippen molar-refractivity contribution in [1.82, 2.24) is 15.2 Å². The van der Waals surface area contributed by atoms with E-state index in [9.17, 15) is 4.79 Å². The Hall–Kier alpha value is -2.34. The van der Waals surface area contributed by atoms with Crippen LogP contribution in [-0.2, 0) is 0 Å². The van der Waals surface area contributed by atoms with Crippen molar-refractivity contribution in [2.75, 3.05) is 13.1 Å². The van der Waals surface area contributed by atoms with Crippen molar-refractivity contribution >= 4 is 33.1 Å². The van der Waals surface area contributed by atoms with Crippen LogP contribution in [-0.4, -0.2) is 29.0 Å². The Labute approximate surface area is 166 Å². The zero-order chi connectivity index (χ0) is 18.8. The van der Waals surface area contributed by atoms with Gasteiger partial charge in [0.15, 0.2) is 11.5 Å². The molecule has 3 aromatic rings. The number of hydrogen-bond donors (Lipinski definition) is 1. The molecule has 1 aliphatic rings. The Morgan fingerprint density at radius 2 is 1.89 bits per heavy atom.